The lowest BCUT2D eigenvalue weighted by Crippen LogP contribution is -2.19. The summed E-state index contributed by atoms with van der Waals surface area (Å²) in [5.74, 6) is -1.46. The van der Waals surface area contributed by atoms with Crippen LogP contribution in [-0.2, 0) is 4.79 Å². The fourth-order valence-electron chi connectivity index (χ4n) is 2.48. The topological polar surface area (TPSA) is 92.3 Å². The second-order valence-electron chi connectivity index (χ2n) is 5.52. The van der Waals surface area contributed by atoms with Crippen molar-refractivity contribution in [1.29, 1.82) is 0 Å². The van der Waals surface area contributed by atoms with Gasteiger partial charge >= 0.3 is 0 Å². The van der Waals surface area contributed by atoms with Gasteiger partial charge in [0, 0.05) is 29.1 Å². The summed E-state index contributed by atoms with van der Waals surface area (Å²) in [7, 11) is 0. The maximum Gasteiger partial charge on any atom is 0.259 e. The number of carbonyl (C=O) groups is 4. The molecule has 2 N–H and O–H groups in total. The van der Waals surface area contributed by atoms with Crippen LogP contribution in [0.25, 0.3) is 0 Å². The van der Waals surface area contributed by atoms with Crippen LogP contribution in [0.2, 0.25) is 5.02 Å². The molecule has 1 aliphatic heterocycles. The largest absolute Gasteiger partial charge is 0.326 e. The smallest absolute Gasteiger partial charge is 0.259 e. The third kappa shape index (κ3) is 3.75. The van der Waals surface area contributed by atoms with Gasteiger partial charge in [-0.15, -0.1) is 0 Å². The molecule has 0 spiro atoms. The lowest BCUT2D eigenvalue weighted by atomic mass is 10.1. The Morgan fingerprint density at radius 2 is 1.60 bits per heavy atom. The molecule has 7 heteroatoms. The van der Waals surface area contributed by atoms with E-state index in [1.165, 1.54) is 18.2 Å². The molecule has 0 saturated carbocycles. The van der Waals surface area contributed by atoms with Crippen molar-refractivity contribution in [3.05, 3.63) is 64.2 Å². The summed E-state index contributed by atoms with van der Waals surface area (Å²) < 4.78 is 0. The molecule has 3 rings (SSSR count). The van der Waals surface area contributed by atoms with E-state index in [0.29, 0.717) is 16.3 Å². The first-order chi connectivity index (χ1) is 11.9. The Balaban J connectivity index is 1.59. The van der Waals surface area contributed by atoms with Gasteiger partial charge in [0.25, 0.3) is 11.8 Å². The van der Waals surface area contributed by atoms with Gasteiger partial charge < -0.3 is 5.32 Å². The number of nitrogens with one attached hydrogen (secondary N) is 2. The zero-order valence-electron chi connectivity index (χ0n) is 13.0. The van der Waals surface area contributed by atoms with E-state index in [-0.39, 0.29) is 35.7 Å². The first kappa shape index (κ1) is 16.9. The number of Topliss-reactive ketones (excluding diaryl/α,β-unsaturated/α-hetero) is 1. The van der Waals surface area contributed by atoms with E-state index >= 15 is 0 Å². The second kappa shape index (κ2) is 6.86. The van der Waals surface area contributed by atoms with Gasteiger partial charge in [0.15, 0.2) is 5.78 Å². The average molecular weight is 357 g/mol. The van der Waals surface area contributed by atoms with E-state index in [2.05, 4.69) is 10.6 Å². The van der Waals surface area contributed by atoms with Crippen LogP contribution < -0.4 is 10.6 Å². The molecule has 2 aromatic rings. The van der Waals surface area contributed by atoms with Crippen molar-refractivity contribution < 1.29 is 19.2 Å². The Morgan fingerprint density at radius 3 is 2.32 bits per heavy atom. The Kier molecular flexibility index (Phi) is 4.63. The quantitative estimate of drug-likeness (QED) is 0.636. The molecular weight excluding hydrogens is 344 g/mol. The van der Waals surface area contributed by atoms with Crippen LogP contribution in [-0.4, -0.2) is 23.5 Å². The van der Waals surface area contributed by atoms with Crippen molar-refractivity contribution in [2.75, 3.05) is 5.32 Å². The highest BCUT2D eigenvalue weighted by Crippen LogP contribution is 2.20. The standard InChI is InChI=1S/C18H13ClN2O4/c19-11-3-1-10(2-4-11)15(22)7-8-16(23)20-12-5-6-13-14(9-12)18(25)21-17(13)24/h1-6,9H,7-8H2,(H,20,23)(H,21,24,25). The highest BCUT2D eigenvalue weighted by molar-refractivity contribution is 6.30. The molecule has 1 aliphatic rings. The van der Waals surface area contributed by atoms with E-state index in [1.54, 1.807) is 24.3 Å². The summed E-state index contributed by atoms with van der Waals surface area (Å²) in [6.07, 6.45) is 0.0566. The number of hydrogen-bond acceptors (Lipinski definition) is 4. The Labute approximate surface area is 148 Å². The summed E-state index contributed by atoms with van der Waals surface area (Å²) >= 11 is 5.77. The monoisotopic (exact) mass is 356 g/mol. The van der Waals surface area contributed by atoms with Crippen LogP contribution in [0.15, 0.2) is 42.5 Å². The average Bonchev–Trinajstić information content (AvgIpc) is 2.87. The highest BCUT2D eigenvalue weighted by atomic mass is 35.5. The van der Waals surface area contributed by atoms with Gasteiger partial charge in [-0.2, -0.15) is 0 Å². The van der Waals surface area contributed by atoms with Crippen LogP contribution in [0.1, 0.15) is 43.9 Å². The van der Waals surface area contributed by atoms with E-state index in [4.69, 9.17) is 11.6 Å². The fraction of sp³-hybridized carbons (Fsp3) is 0.111. The molecule has 0 atom stereocenters. The van der Waals surface area contributed by atoms with Gasteiger partial charge in [-0.1, -0.05) is 11.6 Å². The van der Waals surface area contributed by atoms with Crippen LogP contribution in [0.5, 0.6) is 0 Å². The number of amides is 3. The number of benzene rings is 2. The molecule has 6 nitrogen and oxygen atoms in total. The molecule has 1 heterocycles. The van der Waals surface area contributed by atoms with E-state index in [0.717, 1.165) is 0 Å². The lowest BCUT2D eigenvalue weighted by Gasteiger charge is -2.06. The maximum atomic E-state index is 12.0. The lowest BCUT2D eigenvalue weighted by molar-refractivity contribution is -0.116. The molecule has 0 saturated heterocycles. The minimum atomic E-state index is -0.492. The maximum absolute atomic E-state index is 12.0. The number of carbonyl (C=O) groups excluding carboxylic acids is 4. The molecule has 0 bridgehead atoms. The van der Waals surface area contributed by atoms with Gasteiger partial charge in [0.2, 0.25) is 5.91 Å². The molecule has 0 aliphatic carbocycles. The van der Waals surface area contributed by atoms with Gasteiger partial charge in [-0.05, 0) is 42.5 Å². The predicted octanol–water partition coefficient (Wildman–Crippen LogP) is 2.83. The van der Waals surface area contributed by atoms with Crippen molar-refractivity contribution in [3.63, 3.8) is 0 Å². The summed E-state index contributed by atoms with van der Waals surface area (Å²) in [4.78, 5) is 47.1. The molecule has 0 unspecified atom stereocenters. The second-order valence-corrected chi connectivity index (χ2v) is 5.96. The van der Waals surface area contributed by atoms with Crippen molar-refractivity contribution in [2.45, 2.75) is 12.8 Å². The van der Waals surface area contributed by atoms with Gasteiger partial charge in [-0.3, -0.25) is 24.5 Å². The van der Waals surface area contributed by atoms with Crippen molar-refractivity contribution in [1.82, 2.24) is 5.32 Å². The molecule has 126 valence electrons. The van der Waals surface area contributed by atoms with E-state index in [1.807, 2.05) is 0 Å². The number of imide groups is 1. The van der Waals surface area contributed by atoms with Crippen LogP contribution >= 0.6 is 11.6 Å². The van der Waals surface area contributed by atoms with E-state index < -0.39 is 11.8 Å². The number of halogens is 1. The molecule has 0 radical (unpaired) electrons. The zero-order chi connectivity index (χ0) is 18.0. The van der Waals surface area contributed by atoms with E-state index in [9.17, 15) is 19.2 Å². The zero-order valence-corrected chi connectivity index (χ0v) is 13.7. The Hall–Kier alpha value is -2.99. The summed E-state index contributed by atoms with van der Waals surface area (Å²) in [6, 6.07) is 10.9. The van der Waals surface area contributed by atoms with Crippen LogP contribution in [0.3, 0.4) is 0 Å². The third-order valence-corrected chi connectivity index (χ3v) is 4.02. The fourth-order valence-corrected chi connectivity index (χ4v) is 2.60. The van der Waals surface area contributed by atoms with Crippen molar-refractivity contribution in [3.8, 4) is 0 Å². The number of ketones is 1. The minimum Gasteiger partial charge on any atom is -0.326 e. The normalized spacial score (nSPS) is 12.5. The summed E-state index contributed by atoms with van der Waals surface area (Å²) in [6.45, 7) is 0. The number of anilines is 1. The van der Waals surface area contributed by atoms with Crippen LogP contribution in [0.4, 0.5) is 5.69 Å². The van der Waals surface area contributed by atoms with Crippen molar-refractivity contribution in [2.24, 2.45) is 0 Å². The molecule has 25 heavy (non-hydrogen) atoms. The number of rotatable bonds is 5. The predicted molar refractivity (Wildman–Crippen MR) is 91.9 cm³/mol. The summed E-state index contributed by atoms with van der Waals surface area (Å²) in [5.41, 5.74) is 1.39. The third-order valence-electron chi connectivity index (χ3n) is 3.76. The number of fused-ring (bicyclic) bond motifs is 1. The minimum absolute atomic E-state index is 0.00364. The highest BCUT2D eigenvalue weighted by Gasteiger charge is 2.26. The molecule has 0 fully saturated rings. The Bertz CT molecular complexity index is 890. The van der Waals surface area contributed by atoms with Crippen LogP contribution in [0, 0.1) is 0 Å². The molecular formula is C18H13ClN2O4. The first-order valence-corrected chi connectivity index (χ1v) is 7.90. The van der Waals surface area contributed by atoms with Gasteiger partial charge in [0.1, 0.15) is 0 Å². The number of hydrogen-bond donors (Lipinski definition) is 2. The van der Waals surface area contributed by atoms with Crippen molar-refractivity contribution >= 4 is 40.8 Å². The molecule has 2 aromatic carbocycles. The van der Waals surface area contributed by atoms with Gasteiger partial charge in [-0.25, -0.2) is 0 Å². The summed E-state index contributed by atoms with van der Waals surface area (Å²) in [5, 5.41) is 5.34. The molecule has 3 amide bonds. The van der Waals surface area contributed by atoms with Gasteiger partial charge in [0.05, 0.1) is 11.1 Å². The SMILES string of the molecule is O=C(CCC(=O)c1ccc(Cl)cc1)Nc1ccc2c(c1)C(=O)NC2=O. The first-order valence-electron chi connectivity index (χ1n) is 7.52. The Morgan fingerprint density at radius 1 is 0.920 bits per heavy atom. The molecule has 0 aromatic heterocycles.